The van der Waals surface area contributed by atoms with E-state index in [1.165, 1.54) is 6.26 Å². The van der Waals surface area contributed by atoms with Crippen molar-refractivity contribution in [3.63, 3.8) is 0 Å². The van der Waals surface area contributed by atoms with E-state index in [4.69, 9.17) is 0 Å². The average Bonchev–Trinajstić information content (AvgIpc) is 2.73. The van der Waals surface area contributed by atoms with Crippen LogP contribution in [0.3, 0.4) is 0 Å². The van der Waals surface area contributed by atoms with E-state index in [1.807, 2.05) is 0 Å². The molecule has 0 N–H and O–H groups in total. The highest BCUT2D eigenvalue weighted by Crippen LogP contribution is 2.30. The number of sulfone groups is 1. The summed E-state index contributed by atoms with van der Waals surface area (Å²) in [5.74, 6) is 0.185. The van der Waals surface area contributed by atoms with E-state index in [0.717, 1.165) is 12.8 Å². The van der Waals surface area contributed by atoms with E-state index in [-0.39, 0.29) is 17.0 Å². The van der Waals surface area contributed by atoms with Crippen molar-refractivity contribution in [2.24, 2.45) is 13.0 Å². The summed E-state index contributed by atoms with van der Waals surface area (Å²) in [7, 11) is -1.28. The maximum atomic E-state index is 12.3. The molecule has 1 aliphatic rings. The molecule has 18 heavy (non-hydrogen) atoms. The Balaban J connectivity index is 2.15. The summed E-state index contributed by atoms with van der Waals surface area (Å²) < 4.78 is 24.8. The molecule has 1 aliphatic carbocycles. The van der Waals surface area contributed by atoms with Crippen LogP contribution in [0.15, 0.2) is 12.4 Å². The summed E-state index contributed by atoms with van der Waals surface area (Å²) >= 11 is 0. The zero-order valence-electron chi connectivity index (χ0n) is 10.7. The SMILES string of the molecule is Cn1ccnc1C(=O)C1CCCC(S(C)(=O)=O)C1. The van der Waals surface area contributed by atoms with Crippen LogP contribution in [-0.4, -0.2) is 35.3 Å². The van der Waals surface area contributed by atoms with Gasteiger partial charge in [0.15, 0.2) is 5.82 Å². The fraction of sp³-hybridized carbons (Fsp3) is 0.667. The van der Waals surface area contributed by atoms with Gasteiger partial charge >= 0.3 is 0 Å². The highest BCUT2D eigenvalue weighted by Gasteiger charge is 2.33. The smallest absolute Gasteiger partial charge is 0.201 e. The lowest BCUT2D eigenvalue weighted by molar-refractivity contribution is 0.0877. The van der Waals surface area contributed by atoms with E-state index in [1.54, 1.807) is 24.0 Å². The molecule has 0 aliphatic heterocycles. The molecule has 5 nitrogen and oxygen atoms in total. The monoisotopic (exact) mass is 270 g/mol. The van der Waals surface area contributed by atoms with Crippen LogP contribution >= 0.6 is 0 Å². The van der Waals surface area contributed by atoms with Crippen molar-refractivity contribution in [1.82, 2.24) is 9.55 Å². The molecule has 0 radical (unpaired) electrons. The zero-order chi connectivity index (χ0) is 13.3. The van der Waals surface area contributed by atoms with Crippen molar-refractivity contribution in [3.05, 3.63) is 18.2 Å². The summed E-state index contributed by atoms with van der Waals surface area (Å²) in [5, 5.41) is -0.375. The van der Waals surface area contributed by atoms with E-state index in [0.29, 0.717) is 18.7 Å². The molecule has 2 atom stereocenters. The van der Waals surface area contributed by atoms with Gasteiger partial charge in [0.05, 0.1) is 5.25 Å². The van der Waals surface area contributed by atoms with Crippen molar-refractivity contribution in [2.75, 3.05) is 6.26 Å². The van der Waals surface area contributed by atoms with Gasteiger partial charge < -0.3 is 4.57 Å². The normalized spacial score (nSPS) is 25.0. The molecule has 0 bridgehead atoms. The summed E-state index contributed by atoms with van der Waals surface area (Å²) in [5.41, 5.74) is 0. The van der Waals surface area contributed by atoms with Crippen LogP contribution < -0.4 is 0 Å². The number of nitrogens with zero attached hydrogens (tertiary/aromatic N) is 2. The second kappa shape index (κ2) is 4.84. The molecule has 0 spiro atoms. The Bertz CT molecular complexity index is 547. The largest absolute Gasteiger partial charge is 0.332 e. The van der Waals surface area contributed by atoms with Crippen LogP contribution in [0.2, 0.25) is 0 Å². The Morgan fingerprint density at radius 1 is 1.44 bits per heavy atom. The Morgan fingerprint density at radius 2 is 2.17 bits per heavy atom. The first kappa shape index (κ1) is 13.3. The molecule has 1 saturated carbocycles. The minimum atomic E-state index is -3.05. The lowest BCUT2D eigenvalue weighted by atomic mass is 9.85. The summed E-state index contributed by atoms with van der Waals surface area (Å²) in [6.45, 7) is 0. The molecule has 1 heterocycles. The van der Waals surface area contributed by atoms with Crippen molar-refractivity contribution in [3.8, 4) is 0 Å². The predicted octanol–water partition coefficient (Wildman–Crippen LogP) is 1.21. The summed E-state index contributed by atoms with van der Waals surface area (Å²) in [4.78, 5) is 16.3. The van der Waals surface area contributed by atoms with Crippen LogP contribution in [0, 0.1) is 5.92 Å². The number of imidazole rings is 1. The lowest BCUT2D eigenvalue weighted by Crippen LogP contribution is -2.32. The van der Waals surface area contributed by atoms with Crippen LogP contribution in [0.4, 0.5) is 0 Å². The predicted molar refractivity (Wildman–Crippen MR) is 68.1 cm³/mol. The van der Waals surface area contributed by atoms with Gasteiger partial charge in [-0.05, 0) is 19.3 Å². The van der Waals surface area contributed by atoms with E-state index < -0.39 is 9.84 Å². The molecule has 0 amide bonds. The van der Waals surface area contributed by atoms with Crippen molar-refractivity contribution < 1.29 is 13.2 Å². The highest BCUT2D eigenvalue weighted by molar-refractivity contribution is 7.91. The van der Waals surface area contributed by atoms with Gasteiger partial charge in [-0.25, -0.2) is 13.4 Å². The van der Waals surface area contributed by atoms with Gasteiger partial charge in [-0.1, -0.05) is 6.42 Å². The molecular weight excluding hydrogens is 252 g/mol. The van der Waals surface area contributed by atoms with E-state index >= 15 is 0 Å². The Morgan fingerprint density at radius 3 is 2.72 bits per heavy atom. The van der Waals surface area contributed by atoms with Crippen molar-refractivity contribution in [1.29, 1.82) is 0 Å². The maximum absolute atomic E-state index is 12.3. The summed E-state index contributed by atoms with van der Waals surface area (Å²) in [6, 6.07) is 0. The van der Waals surface area contributed by atoms with Crippen molar-refractivity contribution >= 4 is 15.6 Å². The molecule has 6 heteroatoms. The van der Waals surface area contributed by atoms with Gasteiger partial charge in [0.2, 0.25) is 5.78 Å². The van der Waals surface area contributed by atoms with Crippen LogP contribution in [-0.2, 0) is 16.9 Å². The zero-order valence-corrected chi connectivity index (χ0v) is 11.5. The molecule has 1 aromatic heterocycles. The third-order valence-electron chi connectivity index (χ3n) is 3.64. The third-order valence-corrected chi connectivity index (χ3v) is 5.28. The molecule has 2 unspecified atom stereocenters. The fourth-order valence-electron chi connectivity index (χ4n) is 2.56. The van der Waals surface area contributed by atoms with E-state index in [2.05, 4.69) is 4.98 Å². The molecule has 1 fully saturated rings. The van der Waals surface area contributed by atoms with Gasteiger partial charge in [-0.3, -0.25) is 4.79 Å². The minimum Gasteiger partial charge on any atom is -0.332 e. The number of aromatic nitrogens is 2. The van der Waals surface area contributed by atoms with Gasteiger partial charge in [0, 0.05) is 31.6 Å². The molecule has 0 saturated heterocycles. The third kappa shape index (κ3) is 2.63. The van der Waals surface area contributed by atoms with Gasteiger partial charge in [-0.15, -0.1) is 0 Å². The van der Waals surface area contributed by atoms with Crippen LogP contribution in [0.5, 0.6) is 0 Å². The number of carbonyl (C=O) groups excluding carboxylic acids is 1. The number of hydrogen-bond donors (Lipinski definition) is 0. The number of aryl methyl sites for hydroxylation is 1. The maximum Gasteiger partial charge on any atom is 0.201 e. The number of Topliss-reactive ketones (excluding diaryl/α,β-unsaturated/α-hetero) is 1. The first-order valence-electron chi connectivity index (χ1n) is 6.10. The van der Waals surface area contributed by atoms with E-state index in [9.17, 15) is 13.2 Å². The number of rotatable bonds is 3. The molecule has 100 valence electrons. The fourth-order valence-corrected chi connectivity index (χ4v) is 3.73. The quantitative estimate of drug-likeness (QED) is 0.774. The second-order valence-electron chi connectivity index (χ2n) is 5.04. The Kier molecular flexibility index (Phi) is 3.56. The molecule has 1 aromatic rings. The van der Waals surface area contributed by atoms with Gasteiger partial charge in [-0.2, -0.15) is 0 Å². The first-order valence-corrected chi connectivity index (χ1v) is 8.05. The number of hydrogen-bond acceptors (Lipinski definition) is 4. The first-order chi connectivity index (χ1) is 8.39. The number of ketones is 1. The Hall–Kier alpha value is -1.17. The molecular formula is C12H18N2O3S. The molecule has 0 aromatic carbocycles. The van der Waals surface area contributed by atoms with Gasteiger partial charge in [0.25, 0.3) is 0 Å². The average molecular weight is 270 g/mol. The topological polar surface area (TPSA) is 69.0 Å². The standard InChI is InChI=1S/C12H18N2O3S/c1-14-7-6-13-12(14)11(15)9-4-3-5-10(8-9)18(2,16)17/h6-7,9-10H,3-5,8H2,1-2H3. The highest BCUT2D eigenvalue weighted by atomic mass is 32.2. The van der Waals surface area contributed by atoms with Crippen molar-refractivity contribution in [2.45, 2.75) is 30.9 Å². The lowest BCUT2D eigenvalue weighted by Gasteiger charge is -2.26. The summed E-state index contributed by atoms with van der Waals surface area (Å²) in [6.07, 6.45) is 7.23. The minimum absolute atomic E-state index is 0.0316. The van der Waals surface area contributed by atoms with Crippen LogP contribution in [0.1, 0.15) is 36.3 Å². The second-order valence-corrected chi connectivity index (χ2v) is 7.37. The number of carbonyl (C=O) groups is 1. The van der Waals surface area contributed by atoms with Gasteiger partial charge in [0.1, 0.15) is 9.84 Å². The van der Waals surface area contributed by atoms with Crippen LogP contribution in [0.25, 0.3) is 0 Å². The molecule has 2 rings (SSSR count). The Labute approximate surface area is 107 Å².